The van der Waals surface area contributed by atoms with Gasteiger partial charge in [0.2, 0.25) is 17.4 Å². The predicted octanol–water partition coefficient (Wildman–Crippen LogP) is 4.54. The van der Waals surface area contributed by atoms with Gasteiger partial charge in [0.05, 0.1) is 5.56 Å². The van der Waals surface area contributed by atoms with Crippen LogP contribution in [0.25, 0.3) is 33.3 Å². The van der Waals surface area contributed by atoms with Crippen molar-refractivity contribution in [1.82, 2.24) is 4.98 Å². The third kappa shape index (κ3) is 2.10. The minimum atomic E-state index is -0.529. The molecule has 3 heterocycles. The number of aromatic nitrogens is 2. The second-order valence-electron chi connectivity index (χ2n) is 6.38. The number of rotatable bonds is 1. The fourth-order valence-electron chi connectivity index (χ4n) is 3.41. The lowest BCUT2D eigenvalue weighted by Gasteiger charge is -2.08. The zero-order chi connectivity index (χ0) is 17.0. The summed E-state index contributed by atoms with van der Waals surface area (Å²) in [6.07, 6.45) is 2.04. The van der Waals surface area contributed by atoms with Gasteiger partial charge in [0, 0.05) is 22.9 Å². The minimum Gasteiger partial charge on any atom is -0.437 e. The highest BCUT2D eigenvalue weighted by atomic mass is 19.1. The molecule has 0 amide bonds. The molecule has 0 saturated heterocycles. The van der Waals surface area contributed by atoms with Gasteiger partial charge in [-0.05, 0) is 49.6 Å². The smallest absolute Gasteiger partial charge is 0.229 e. The van der Waals surface area contributed by atoms with E-state index in [1.807, 2.05) is 20.2 Å². The van der Waals surface area contributed by atoms with Gasteiger partial charge in [-0.1, -0.05) is 6.07 Å². The second kappa shape index (κ2) is 5.13. The van der Waals surface area contributed by atoms with Crippen molar-refractivity contribution in [1.29, 1.82) is 0 Å². The molecule has 0 bridgehead atoms. The molecule has 0 fully saturated rings. The third-order valence-electron chi connectivity index (χ3n) is 4.53. The average molecular weight is 321 g/mol. The summed E-state index contributed by atoms with van der Waals surface area (Å²) < 4.78 is 21.6. The largest absolute Gasteiger partial charge is 0.437 e. The molecule has 4 heteroatoms. The molecule has 0 aliphatic carbocycles. The van der Waals surface area contributed by atoms with Crippen LogP contribution in [0.2, 0.25) is 0 Å². The van der Waals surface area contributed by atoms with Crippen LogP contribution in [0.4, 0.5) is 4.39 Å². The number of furan rings is 1. The molecule has 0 aliphatic heterocycles. The van der Waals surface area contributed by atoms with Crippen molar-refractivity contribution in [2.75, 3.05) is 0 Å². The SMILES string of the molecule is Cc1cc[n+](C)c(-c2c(C)cc(C)c3c2oc2nc(F)ccc23)c1. The monoisotopic (exact) mass is 321 g/mol. The van der Waals surface area contributed by atoms with Crippen LogP contribution in [0.15, 0.2) is 40.9 Å². The van der Waals surface area contributed by atoms with Crippen LogP contribution in [-0.2, 0) is 7.05 Å². The Kier molecular flexibility index (Phi) is 3.17. The zero-order valence-electron chi connectivity index (χ0n) is 14.1. The van der Waals surface area contributed by atoms with Crippen molar-refractivity contribution in [3.63, 3.8) is 0 Å². The Bertz CT molecular complexity index is 1110. The van der Waals surface area contributed by atoms with Gasteiger partial charge in [-0.25, -0.2) is 4.57 Å². The Morgan fingerprint density at radius 2 is 1.83 bits per heavy atom. The first kappa shape index (κ1) is 14.8. The lowest BCUT2D eigenvalue weighted by atomic mass is 9.96. The van der Waals surface area contributed by atoms with E-state index in [9.17, 15) is 4.39 Å². The van der Waals surface area contributed by atoms with E-state index in [1.54, 1.807) is 6.07 Å². The van der Waals surface area contributed by atoms with Crippen LogP contribution in [-0.4, -0.2) is 4.98 Å². The lowest BCUT2D eigenvalue weighted by molar-refractivity contribution is -0.660. The van der Waals surface area contributed by atoms with Crippen LogP contribution >= 0.6 is 0 Å². The van der Waals surface area contributed by atoms with Crippen molar-refractivity contribution in [2.24, 2.45) is 7.05 Å². The summed E-state index contributed by atoms with van der Waals surface area (Å²) in [5.41, 5.74) is 6.61. The topological polar surface area (TPSA) is 29.9 Å². The standard InChI is InChI=1S/C20H18FN2O/c1-11-7-8-23(4)15(9-11)18-13(3)10-12(2)17-14-5-6-16(21)22-20(14)24-19(17)18/h5-10H,1-4H3/q+1. The molecule has 3 aromatic heterocycles. The fourth-order valence-corrected chi connectivity index (χ4v) is 3.41. The number of benzene rings is 1. The Labute approximate surface area is 139 Å². The van der Waals surface area contributed by atoms with Gasteiger partial charge in [0.1, 0.15) is 7.05 Å². The Hall–Kier alpha value is -2.75. The Balaban J connectivity index is 2.20. The Morgan fingerprint density at radius 3 is 2.62 bits per heavy atom. The molecule has 0 spiro atoms. The molecular formula is C20H18FN2O+. The maximum absolute atomic E-state index is 13.5. The summed E-state index contributed by atoms with van der Waals surface area (Å²) in [7, 11) is 2.01. The normalized spacial score (nSPS) is 11.5. The van der Waals surface area contributed by atoms with Crippen molar-refractivity contribution in [2.45, 2.75) is 20.8 Å². The molecule has 0 radical (unpaired) electrons. The number of pyridine rings is 2. The lowest BCUT2D eigenvalue weighted by Crippen LogP contribution is -2.30. The molecule has 4 aromatic rings. The van der Waals surface area contributed by atoms with E-state index in [0.29, 0.717) is 5.71 Å². The first-order valence-corrected chi connectivity index (χ1v) is 7.91. The summed E-state index contributed by atoms with van der Waals surface area (Å²) in [6, 6.07) is 9.48. The van der Waals surface area contributed by atoms with Gasteiger partial charge in [-0.2, -0.15) is 9.37 Å². The highest BCUT2D eigenvalue weighted by molar-refractivity contribution is 6.10. The van der Waals surface area contributed by atoms with Gasteiger partial charge in [-0.3, -0.25) is 0 Å². The highest BCUT2D eigenvalue weighted by Crippen LogP contribution is 2.38. The van der Waals surface area contributed by atoms with E-state index in [1.165, 1.54) is 11.6 Å². The van der Waals surface area contributed by atoms with Gasteiger partial charge < -0.3 is 4.42 Å². The molecule has 4 rings (SSSR count). The molecule has 3 nitrogen and oxygen atoms in total. The average Bonchev–Trinajstić information content (AvgIpc) is 2.89. The van der Waals surface area contributed by atoms with E-state index in [-0.39, 0.29) is 0 Å². The minimum absolute atomic E-state index is 0.343. The number of hydrogen-bond donors (Lipinski definition) is 0. The molecule has 0 atom stereocenters. The molecule has 0 aliphatic rings. The number of hydrogen-bond acceptors (Lipinski definition) is 2. The zero-order valence-corrected chi connectivity index (χ0v) is 14.1. The van der Waals surface area contributed by atoms with Crippen LogP contribution in [0.1, 0.15) is 16.7 Å². The second-order valence-corrected chi connectivity index (χ2v) is 6.38. The maximum Gasteiger partial charge on any atom is 0.229 e. The van der Waals surface area contributed by atoms with E-state index in [0.717, 1.165) is 38.7 Å². The number of fused-ring (bicyclic) bond motifs is 3. The molecule has 0 saturated carbocycles. The summed E-state index contributed by atoms with van der Waals surface area (Å²) >= 11 is 0. The Morgan fingerprint density at radius 1 is 1.04 bits per heavy atom. The molecule has 0 unspecified atom stereocenters. The van der Waals surface area contributed by atoms with E-state index >= 15 is 0 Å². The van der Waals surface area contributed by atoms with E-state index in [2.05, 4.69) is 41.6 Å². The quantitative estimate of drug-likeness (QED) is 0.381. The van der Waals surface area contributed by atoms with E-state index in [4.69, 9.17) is 4.42 Å². The van der Waals surface area contributed by atoms with Crippen LogP contribution in [0, 0.1) is 26.7 Å². The van der Waals surface area contributed by atoms with Crippen LogP contribution in [0.5, 0.6) is 0 Å². The summed E-state index contributed by atoms with van der Waals surface area (Å²) in [5.74, 6) is -0.529. The van der Waals surface area contributed by atoms with Gasteiger partial charge >= 0.3 is 0 Å². The van der Waals surface area contributed by atoms with Gasteiger partial charge in [-0.15, -0.1) is 0 Å². The maximum atomic E-state index is 13.5. The van der Waals surface area contributed by atoms with Crippen molar-refractivity contribution < 1.29 is 13.4 Å². The fraction of sp³-hybridized carbons (Fsp3) is 0.200. The summed E-state index contributed by atoms with van der Waals surface area (Å²) in [4.78, 5) is 3.92. The van der Waals surface area contributed by atoms with Crippen LogP contribution < -0.4 is 4.57 Å². The third-order valence-corrected chi connectivity index (χ3v) is 4.53. The van der Waals surface area contributed by atoms with E-state index < -0.39 is 5.95 Å². The van der Waals surface area contributed by atoms with Crippen molar-refractivity contribution >= 4 is 22.1 Å². The number of halogens is 1. The molecule has 1 aromatic carbocycles. The first-order valence-electron chi connectivity index (χ1n) is 7.91. The first-order chi connectivity index (χ1) is 11.5. The number of aryl methyl sites for hydroxylation is 4. The van der Waals surface area contributed by atoms with Gasteiger partial charge in [0.25, 0.3) is 0 Å². The molecule has 120 valence electrons. The molecule has 24 heavy (non-hydrogen) atoms. The summed E-state index contributed by atoms with van der Waals surface area (Å²) in [5, 5.41) is 1.85. The number of nitrogens with zero attached hydrogens (tertiary/aromatic N) is 2. The highest BCUT2D eigenvalue weighted by Gasteiger charge is 2.22. The van der Waals surface area contributed by atoms with Crippen molar-refractivity contribution in [3.05, 3.63) is 59.2 Å². The molecule has 0 N–H and O–H groups in total. The molecular weight excluding hydrogens is 303 g/mol. The van der Waals surface area contributed by atoms with Crippen molar-refractivity contribution in [3.8, 4) is 11.3 Å². The van der Waals surface area contributed by atoms with Gasteiger partial charge in [0.15, 0.2) is 11.8 Å². The van der Waals surface area contributed by atoms with Crippen LogP contribution in [0.3, 0.4) is 0 Å². The summed E-state index contributed by atoms with van der Waals surface area (Å²) in [6.45, 7) is 6.19. The predicted molar refractivity (Wildman–Crippen MR) is 92.3 cm³/mol.